The Kier molecular flexibility index (Phi) is 7.27. The van der Waals surface area contributed by atoms with Crippen molar-refractivity contribution in [2.24, 2.45) is 0 Å². The molecule has 10 heteroatoms. The van der Waals surface area contributed by atoms with Crippen molar-refractivity contribution in [3.05, 3.63) is 30.3 Å². The molecule has 0 bridgehead atoms. The number of para-hydroxylation sites is 1. The van der Waals surface area contributed by atoms with E-state index >= 15 is 0 Å². The molecule has 0 spiro atoms. The summed E-state index contributed by atoms with van der Waals surface area (Å²) in [5, 5.41) is 9.80. The van der Waals surface area contributed by atoms with Gasteiger partial charge in [0.1, 0.15) is 0 Å². The first-order chi connectivity index (χ1) is 11.2. The van der Waals surface area contributed by atoms with Gasteiger partial charge in [-0.15, -0.1) is 0 Å². The zero-order chi connectivity index (χ0) is 18.3. The predicted octanol–water partition coefficient (Wildman–Crippen LogP) is 3.08. The number of hydrogen-bond donors (Lipinski definition) is 3. The maximum Gasteiger partial charge on any atom is 0.445 e. The Hall–Kier alpha value is -1.56. The Bertz CT molecular complexity index is 620. The van der Waals surface area contributed by atoms with Gasteiger partial charge in [-0.1, -0.05) is 18.2 Å². The van der Waals surface area contributed by atoms with Gasteiger partial charge in [-0.3, -0.25) is 9.05 Å². The second-order valence-corrected chi connectivity index (χ2v) is 6.13. The topological polar surface area (TPSA) is 79.8 Å². The molecule has 0 saturated carbocycles. The van der Waals surface area contributed by atoms with E-state index in [-0.39, 0.29) is 18.9 Å². The fourth-order valence-corrected chi connectivity index (χ4v) is 2.63. The number of hydrogen-bond acceptors (Lipinski definition) is 6. The third-order valence-corrected chi connectivity index (χ3v) is 4.13. The van der Waals surface area contributed by atoms with E-state index in [2.05, 4.69) is 5.43 Å². The lowest BCUT2D eigenvalue weighted by molar-refractivity contribution is -0.244. The second kappa shape index (κ2) is 8.51. The number of nitrogens with one attached hydrogen (secondary N) is 2. The van der Waals surface area contributed by atoms with Gasteiger partial charge in [0, 0.05) is 11.3 Å². The molecule has 0 aliphatic carbocycles. The van der Waals surface area contributed by atoms with Crippen molar-refractivity contribution in [2.75, 3.05) is 18.6 Å². The van der Waals surface area contributed by atoms with Crippen LogP contribution in [0.15, 0.2) is 30.3 Å². The zero-order valence-corrected chi connectivity index (χ0v) is 13.9. The third-order valence-electron chi connectivity index (χ3n) is 2.54. The van der Waals surface area contributed by atoms with E-state index in [4.69, 9.17) is 9.05 Å². The number of halogens is 3. The number of hydrazine groups is 1. The molecule has 134 valence electrons. The Morgan fingerprint density at radius 3 is 2.17 bits per heavy atom. The highest BCUT2D eigenvalue weighted by molar-refractivity contribution is 7.59. The second-order valence-electron chi connectivity index (χ2n) is 4.39. The van der Waals surface area contributed by atoms with Crippen LogP contribution in [0, 0.1) is 11.6 Å². The van der Waals surface area contributed by atoms with Gasteiger partial charge in [0.15, 0.2) is 0 Å². The number of rotatable bonds is 7. The van der Waals surface area contributed by atoms with Crippen LogP contribution in [0.3, 0.4) is 0 Å². The molecule has 0 saturated heterocycles. The summed E-state index contributed by atoms with van der Waals surface area (Å²) in [6.45, 7) is 2.81. The third kappa shape index (κ3) is 5.82. The van der Waals surface area contributed by atoms with Crippen LogP contribution < -0.4 is 10.9 Å². The summed E-state index contributed by atoms with van der Waals surface area (Å²) >= 11 is 0. The van der Waals surface area contributed by atoms with Gasteiger partial charge >= 0.3 is 13.8 Å². The molecule has 1 aromatic rings. The first kappa shape index (κ1) is 20.5. The highest BCUT2D eigenvalue weighted by Crippen LogP contribution is 2.47. The van der Waals surface area contributed by atoms with Crippen molar-refractivity contribution in [1.82, 2.24) is 5.43 Å². The first-order valence-electron chi connectivity index (χ1n) is 6.96. The van der Waals surface area contributed by atoms with Crippen LogP contribution in [0.1, 0.15) is 13.8 Å². The first-order valence-corrected chi connectivity index (χ1v) is 8.51. The predicted molar refractivity (Wildman–Crippen MR) is 82.8 cm³/mol. The lowest BCUT2D eigenvalue weighted by atomic mass is 10.2. The molecular weight excluding hydrogens is 348 g/mol. The van der Waals surface area contributed by atoms with Gasteiger partial charge in [0.05, 0.1) is 13.2 Å². The van der Waals surface area contributed by atoms with E-state index in [1.165, 1.54) is 31.9 Å². The van der Waals surface area contributed by atoms with Crippen molar-refractivity contribution in [2.45, 2.75) is 25.7 Å². The Morgan fingerprint density at radius 2 is 1.71 bits per heavy atom. The fourth-order valence-electron chi connectivity index (χ4n) is 1.45. The van der Waals surface area contributed by atoms with E-state index in [0.717, 1.165) is 0 Å². The van der Waals surface area contributed by atoms with E-state index in [1.807, 2.05) is 0 Å². The Morgan fingerprint density at radius 1 is 1.17 bits per heavy atom. The molecule has 24 heavy (non-hydrogen) atoms. The average Bonchev–Trinajstić information content (AvgIpc) is 2.51. The van der Waals surface area contributed by atoms with E-state index < -0.39 is 19.5 Å². The average molecular weight is 366 g/mol. The van der Waals surface area contributed by atoms with Gasteiger partial charge in [-0.05, 0) is 31.9 Å². The van der Waals surface area contributed by atoms with E-state index in [9.17, 15) is 22.8 Å². The zero-order valence-electron chi connectivity index (χ0n) is 13.1. The lowest BCUT2D eigenvalue weighted by Crippen LogP contribution is -2.58. The van der Waals surface area contributed by atoms with Crippen molar-refractivity contribution in [1.29, 1.82) is 0 Å². The lowest BCUT2D eigenvalue weighted by Gasteiger charge is -2.27. The molecule has 1 atom stereocenters. The highest BCUT2D eigenvalue weighted by atomic mass is 31.2. The van der Waals surface area contributed by atoms with Crippen LogP contribution in [0.25, 0.3) is 0 Å². The van der Waals surface area contributed by atoms with Crippen molar-refractivity contribution in [3.8, 4) is 11.6 Å². The molecule has 0 amide bonds. The van der Waals surface area contributed by atoms with Crippen LogP contribution in [-0.2, 0) is 13.6 Å². The van der Waals surface area contributed by atoms with Crippen LogP contribution in [0.2, 0.25) is 0 Å². The van der Waals surface area contributed by atoms with Gasteiger partial charge < -0.3 is 10.5 Å². The molecule has 0 radical (unpaired) electrons. The maximum absolute atomic E-state index is 13.1. The summed E-state index contributed by atoms with van der Waals surface area (Å²) < 4.78 is 61.0. The monoisotopic (exact) mass is 366 g/mol. The van der Waals surface area contributed by atoms with Gasteiger partial charge in [-0.2, -0.15) is 18.6 Å². The largest absolute Gasteiger partial charge is 0.445 e. The normalized spacial score (nSPS) is 14.4. The molecular formula is C14H18F3N2O4P. The van der Waals surface area contributed by atoms with Crippen LogP contribution in [0.5, 0.6) is 0 Å². The van der Waals surface area contributed by atoms with Crippen LogP contribution >= 0.6 is 7.60 Å². The smallest absolute Gasteiger partial charge is 0.357 e. The molecule has 1 rings (SSSR count). The minimum Gasteiger partial charge on any atom is -0.357 e. The number of benzene rings is 1. The molecule has 1 aromatic carbocycles. The standard InChI is InChI=1S/C14H18F3N2O4P/c1-3-22-24(21,23-4-2)11-10-13(20,14(15,16)17)19-18-12-8-6-5-7-9-12/h5-9,18-20H,3-4H2,1-2H3/t13-/m0/s1. The number of anilines is 1. The van der Waals surface area contributed by atoms with Gasteiger partial charge in [-0.25, -0.2) is 4.57 Å². The van der Waals surface area contributed by atoms with Crippen molar-refractivity contribution in [3.63, 3.8) is 0 Å². The van der Waals surface area contributed by atoms with E-state index in [1.54, 1.807) is 29.3 Å². The summed E-state index contributed by atoms with van der Waals surface area (Å²) in [5.41, 5.74) is 2.26. The molecule has 0 unspecified atom stereocenters. The maximum atomic E-state index is 13.1. The molecule has 0 aliphatic heterocycles. The minimum atomic E-state index is -5.18. The molecule has 0 heterocycles. The van der Waals surface area contributed by atoms with Crippen LogP contribution in [0.4, 0.5) is 18.9 Å². The van der Waals surface area contributed by atoms with Gasteiger partial charge in [0.2, 0.25) is 0 Å². The quantitative estimate of drug-likeness (QED) is 0.298. The van der Waals surface area contributed by atoms with Crippen LogP contribution in [-0.4, -0.2) is 30.2 Å². The van der Waals surface area contributed by atoms with Gasteiger partial charge in [0.25, 0.3) is 5.72 Å². The Balaban J connectivity index is 3.04. The summed E-state index contributed by atoms with van der Waals surface area (Å²) in [4.78, 5) is 0. The highest BCUT2D eigenvalue weighted by Gasteiger charge is 2.54. The molecule has 6 nitrogen and oxygen atoms in total. The molecule has 3 N–H and O–H groups in total. The number of alkyl halides is 3. The number of aliphatic hydroxyl groups is 1. The summed E-state index contributed by atoms with van der Waals surface area (Å²) in [5.74, 6) is 1.51. The summed E-state index contributed by atoms with van der Waals surface area (Å²) in [7, 11) is -4.07. The van der Waals surface area contributed by atoms with E-state index in [0.29, 0.717) is 0 Å². The molecule has 0 aliphatic rings. The SMILES string of the molecule is CCOP(=O)(C#C[C@@](O)(NNc1ccccc1)C(F)(F)F)OCC. The summed E-state index contributed by atoms with van der Waals surface area (Å²) in [6.07, 6.45) is -5.18. The summed E-state index contributed by atoms with van der Waals surface area (Å²) in [6, 6.07) is 7.79. The minimum absolute atomic E-state index is 0.0773. The van der Waals surface area contributed by atoms with Crippen molar-refractivity contribution >= 4 is 13.3 Å². The fraction of sp³-hybridized carbons (Fsp3) is 0.429. The Labute approximate surface area is 137 Å². The molecule has 0 aromatic heterocycles. The molecule has 0 fully saturated rings. The van der Waals surface area contributed by atoms with Crippen molar-refractivity contribution < 1.29 is 31.9 Å².